The minimum Gasteiger partial charge on any atom is -0.490 e. The van der Waals surface area contributed by atoms with Crippen LogP contribution in [-0.2, 0) is 4.79 Å². The topological polar surface area (TPSA) is 70.3 Å². The zero-order valence-electron chi connectivity index (χ0n) is 8.61. The van der Waals surface area contributed by atoms with Crippen LogP contribution in [0, 0.1) is 11.3 Å². The Labute approximate surface area is 98.0 Å². The largest absolute Gasteiger partial charge is 0.490 e. The first kappa shape index (κ1) is 12.3. The predicted octanol–water partition coefficient (Wildman–Crippen LogP) is 2.45. The number of carbonyl (C=O) groups is 1. The standard InChI is InChI=1S/C11H10ClNO3/c1-7(4-11(14)15)16-9-3-2-8(6-13)10(12)5-9/h2-3,5,7H,4H2,1H3,(H,14,15)/t7-/m1/s1. The summed E-state index contributed by atoms with van der Waals surface area (Å²) >= 11 is 5.80. The lowest BCUT2D eigenvalue weighted by molar-refractivity contribution is -0.138. The summed E-state index contributed by atoms with van der Waals surface area (Å²) in [7, 11) is 0. The van der Waals surface area contributed by atoms with E-state index in [2.05, 4.69) is 0 Å². The van der Waals surface area contributed by atoms with Gasteiger partial charge in [-0.2, -0.15) is 5.26 Å². The average molecular weight is 240 g/mol. The van der Waals surface area contributed by atoms with Crippen molar-refractivity contribution in [1.29, 1.82) is 5.26 Å². The van der Waals surface area contributed by atoms with Crippen molar-refractivity contribution in [2.75, 3.05) is 0 Å². The molecular formula is C11H10ClNO3. The maximum Gasteiger partial charge on any atom is 0.307 e. The van der Waals surface area contributed by atoms with Gasteiger partial charge in [0.05, 0.1) is 17.0 Å². The van der Waals surface area contributed by atoms with Gasteiger partial charge in [-0.3, -0.25) is 4.79 Å². The summed E-state index contributed by atoms with van der Waals surface area (Å²) < 4.78 is 5.33. The summed E-state index contributed by atoms with van der Waals surface area (Å²) in [5.41, 5.74) is 0.361. The first-order chi connectivity index (χ1) is 7.52. The number of ether oxygens (including phenoxy) is 1. The summed E-state index contributed by atoms with van der Waals surface area (Å²) in [6.07, 6.45) is -0.529. The molecule has 1 aromatic carbocycles. The van der Waals surface area contributed by atoms with Crippen molar-refractivity contribution in [2.45, 2.75) is 19.4 Å². The van der Waals surface area contributed by atoms with Gasteiger partial charge in [0.25, 0.3) is 0 Å². The Morgan fingerprint density at radius 1 is 1.69 bits per heavy atom. The maximum atomic E-state index is 10.4. The van der Waals surface area contributed by atoms with Crippen molar-refractivity contribution in [1.82, 2.24) is 0 Å². The molecule has 0 aliphatic carbocycles. The van der Waals surface area contributed by atoms with E-state index in [0.717, 1.165) is 0 Å². The number of aliphatic carboxylic acids is 1. The first-order valence-corrected chi connectivity index (χ1v) is 4.99. The fourth-order valence-electron chi connectivity index (χ4n) is 1.18. The summed E-state index contributed by atoms with van der Waals surface area (Å²) in [5.74, 6) is -0.468. The van der Waals surface area contributed by atoms with Crippen molar-refractivity contribution in [3.05, 3.63) is 28.8 Å². The Bertz CT molecular complexity index is 439. The SMILES string of the molecule is C[C@H](CC(=O)O)Oc1ccc(C#N)c(Cl)c1. The molecule has 1 rings (SSSR count). The van der Waals surface area contributed by atoms with E-state index in [1.807, 2.05) is 6.07 Å². The van der Waals surface area contributed by atoms with Crippen molar-refractivity contribution in [3.8, 4) is 11.8 Å². The predicted molar refractivity (Wildman–Crippen MR) is 58.5 cm³/mol. The molecule has 5 heteroatoms. The smallest absolute Gasteiger partial charge is 0.307 e. The van der Waals surface area contributed by atoms with Crippen LogP contribution in [0.1, 0.15) is 18.9 Å². The third kappa shape index (κ3) is 3.44. The Kier molecular flexibility index (Phi) is 4.15. The van der Waals surface area contributed by atoms with Crippen LogP contribution in [-0.4, -0.2) is 17.2 Å². The Morgan fingerprint density at radius 2 is 2.38 bits per heavy atom. The van der Waals surface area contributed by atoms with Gasteiger partial charge < -0.3 is 9.84 Å². The highest BCUT2D eigenvalue weighted by Crippen LogP contribution is 2.23. The van der Waals surface area contributed by atoms with Crippen molar-refractivity contribution in [2.24, 2.45) is 0 Å². The van der Waals surface area contributed by atoms with Gasteiger partial charge in [-0.25, -0.2) is 0 Å². The molecule has 0 amide bonds. The Hall–Kier alpha value is -1.73. The lowest BCUT2D eigenvalue weighted by Crippen LogP contribution is -2.16. The molecule has 0 radical (unpaired) electrons. The third-order valence-electron chi connectivity index (χ3n) is 1.86. The fraction of sp³-hybridized carbons (Fsp3) is 0.273. The molecule has 1 aromatic rings. The maximum absolute atomic E-state index is 10.4. The second kappa shape index (κ2) is 5.38. The number of carboxylic acid groups (broad SMARTS) is 1. The molecule has 0 fully saturated rings. The highest BCUT2D eigenvalue weighted by atomic mass is 35.5. The molecule has 84 valence electrons. The van der Waals surface area contributed by atoms with Crippen LogP contribution in [0.25, 0.3) is 0 Å². The third-order valence-corrected chi connectivity index (χ3v) is 2.17. The molecule has 0 bridgehead atoms. The molecular weight excluding hydrogens is 230 g/mol. The number of rotatable bonds is 4. The highest BCUT2D eigenvalue weighted by Gasteiger charge is 2.10. The van der Waals surface area contributed by atoms with Crippen molar-refractivity contribution >= 4 is 17.6 Å². The minimum absolute atomic E-state index is 0.0857. The minimum atomic E-state index is -0.924. The highest BCUT2D eigenvalue weighted by molar-refractivity contribution is 6.31. The van der Waals surface area contributed by atoms with E-state index in [4.69, 9.17) is 26.7 Å². The van der Waals surface area contributed by atoms with Gasteiger partial charge in [-0.05, 0) is 19.1 Å². The molecule has 0 spiro atoms. The summed E-state index contributed by atoms with van der Waals surface area (Å²) in [6.45, 7) is 1.65. The van der Waals surface area contributed by atoms with E-state index < -0.39 is 12.1 Å². The number of carboxylic acids is 1. The molecule has 0 aliphatic heterocycles. The van der Waals surface area contributed by atoms with Crippen LogP contribution in [0.15, 0.2) is 18.2 Å². The van der Waals surface area contributed by atoms with Gasteiger partial charge in [0.2, 0.25) is 0 Å². The van der Waals surface area contributed by atoms with Crippen molar-refractivity contribution < 1.29 is 14.6 Å². The number of halogens is 1. The summed E-state index contributed by atoms with van der Waals surface area (Å²) in [6, 6.07) is 6.54. The second-order valence-corrected chi connectivity index (χ2v) is 3.69. The molecule has 1 N–H and O–H groups in total. The van der Waals surface area contributed by atoms with Crippen LogP contribution in [0.5, 0.6) is 5.75 Å². The monoisotopic (exact) mass is 239 g/mol. The number of benzene rings is 1. The number of nitriles is 1. The average Bonchev–Trinajstić information content (AvgIpc) is 2.16. The Balaban J connectivity index is 2.72. The number of nitrogens with zero attached hydrogens (tertiary/aromatic N) is 1. The van der Waals surface area contributed by atoms with E-state index in [9.17, 15) is 4.79 Å². The molecule has 0 saturated heterocycles. The quantitative estimate of drug-likeness (QED) is 0.876. The van der Waals surface area contributed by atoms with Gasteiger partial charge in [-0.1, -0.05) is 11.6 Å². The molecule has 0 saturated carbocycles. The van der Waals surface area contributed by atoms with Crippen LogP contribution in [0.4, 0.5) is 0 Å². The second-order valence-electron chi connectivity index (χ2n) is 3.28. The van der Waals surface area contributed by atoms with E-state index in [1.165, 1.54) is 12.1 Å². The normalized spacial score (nSPS) is 11.6. The van der Waals surface area contributed by atoms with Gasteiger partial charge in [0.1, 0.15) is 17.9 Å². The molecule has 0 aromatic heterocycles. The molecule has 0 unspecified atom stereocenters. The number of hydrogen-bond acceptors (Lipinski definition) is 3. The van der Waals surface area contributed by atoms with Crippen LogP contribution >= 0.6 is 11.6 Å². The van der Waals surface area contributed by atoms with Crippen LogP contribution in [0.3, 0.4) is 0 Å². The Morgan fingerprint density at radius 3 is 2.88 bits per heavy atom. The van der Waals surface area contributed by atoms with Gasteiger partial charge in [0.15, 0.2) is 0 Å². The fourth-order valence-corrected chi connectivity index (χ4v) is 1.39. The van der Waals surface area contributed by atoms with Gasteiger partial charge in [0, 0.05) is 6.07 Å². The summed E-state index contributed by atoms with van der Waals surface area (Å²) in [4.78, 5) is 10.4. The van der Waals surface area contributed by atoms with E-state index in [0.29, 0.717) is 16.3 Å². The zero-order chi connectivity index (χ0) is 12.1. The lowest BCUT2D eigenvalue weighted by atomic mass is 10.2. The zero-order valence-corrected chi connectivity index (χ0v) is 9.36. The first-order valence-electron chi connectivity index (χ1n) is 4.61. The van der Waals surface area contributed by atoms with E-state index in [-0.39, 0.29) is 6.42 Å². The lowest BCUT2D eigenvalue weighted by Gasteiger charge is -2.12. The van der Waals surface area contributed by atoms with E-state index >= 15 is 0 Å². The molecule has 0 heterocycles. The van der Waals surface area contributed by atoms with Crippen molar-refractivity contribution in [3.63, 3.8) is 0 Å². The van der Waals surface area contributed by atoms with Crippen LogP contribution < -0.4 is 4.74 Å². The van der Waals surface area contributed by atoms with Gasteiger partial charge >= 0.3 is 5.97 Å². The van der Waals surface area contributed by atoms with Crippen LogP contribution in [0.2, 0.25) is 5.02 Å². The summed E-state index contributed by atoms with van der Waals surface area (Å²) in [5, 5.41) is 17.5. The molecule has 1 atom stereocenters. The number of hydrogen-bond donors (Lipinski definition) is 1. The van der Waals surface area contributed by atoms with E-state index in [1.54, 1.807) is 13.0 Å². The molecule has 16 heavy (non-hydrogen) atoms. The molecule has 4 nitrogen and oxygen atoms in total. The molecule has 0 aliphatic rings. The van der Waals surface area contributed by atoms with Gasteiger partial charge in [-0.15, -0.1) is 0 Å².